The number of methoxy groups -OCH3 is 1. The Bertz CT molecular complexity index is 3540. The maximum atomic E-state index is 14.7. The van der Waals surface area contributed by atoms with Gasteiger partial charge in [0.2, 0.25) is 0 Å². The number of anilines is 1. The van der Waals surface area contributed by atoms with E-state index < -0.39 is 34.9 Å². The molecule has 11 heteroatoms. The summed E-state index contributed by atoms with van der Waals surface area (Å²) < 4.78 is 101. The lowest BCUT2D eigenvalue weighted by Crippen LogP contribution is -2.35. The van der Waals surface area contributed by atoms with Crippen LogP contribution in [-0.2, 0) is 17.2 Å². The van der Waals surface area contributed by atoms with Gasteiger partial charge in [-0.3, -0.25) is 4.79 Å². The van der Waals surface area contributed by atoms with Gasteiger partial charge in [-0.05, 0) is 166 Å². The van der Waals surface area contributed by atoms with Crippen LogP contribution < -0.4 is 19.5 Å². The van der Waals surface area contributed by atoms with Gasteiger partial charge in [0.25, 0.3) is 5.91 Å². The number of rotatable bonds is 13. The highest BCUT2D eigenvalue weighted by Gasteiger charge is 2.45. The number of benzene rings is 8. The van der Waals surface area contributed by atoms with Crippen LogP contribution in [0.5, 0.6) is 17.2 Å². The molecule has 398 valence electrons. The van der Waals surface area contributed by atoms with E-state index in [0.29, 0.717) is 45.0 Å². The Kier molecular flexibility index (Phi) is 13.8. The number of carbonyl (C=O) groups is 1. The van der Waals surface area contributed by atoms with Crippen LogP contribution >= 0.6 is 0 Å². The van der Waals surface area contributed by atoms with Gasteiger partial charge in [0.15, 0.2) is 5.60 Å². The van der Waals surface area contributed by atoms with Crippen LogP contribution in [0, 0.1) is 5.92 Å². The van der Waals surface area contributed by atoms with E-state index in [2.05, 4.69) is 67.2 Å². The van der Waals surface area contributed by atoms with Crippen molar-refractivity contribution in [2.45, 2.75) is 102 Å². The van der Waals surface area contributed by atoms with E-state index >= 15 is 0 Å². The molecule has 2 aliphatic carbocycles. The van der Waals surface area contributed by atoms with Crippen molar-refractivity contribution in [3.8, 4) is 50.6 Å². The summed E-state index contributed by atoms with van der Waals surface area (Å²) in [6.07, 6.45) is 4.55. The fraction of sp³-hybridized carbons (Fsp3) is 0.269. The smallest absolute Gasteiger partial charge is 0.497 e. The summed E-state index contributed by atoms with van der Waals surface area (Å²) in [6.45, 7) is 6.42. The third-order valence-corrected chi connectivity index (χ3v) is 16.4. The van der Waals surface area contributed by atoms with E-state index in [1.807, 2.05) is 60.7 Å². The lowest BCUT2D eigenvalue weighted by molar-refractivity contribution is -0.274. The van der Waals surface area contributed by atoms with Crippen molar-refractivity contribution in [3.05, 3.63) is 208 Å². The zero-order valence-electron chi connectivity index (χ0n) is 43.9. The van der Waals surface area contributed by atoms with E-state index in [1.165, 1.54) is 94.4 Å². The summed E-state index contributed by atoms with van der Waals surface area (Å²) >= 11 is 0. The molecule has 0 saturated heterocycles. The fourth-order valence-corrected chi connectivity index (χ4v) is 12.3. The zero-order valence-corrected chi connectivity index (χ0v) is 43.9. The van der Waals surface area contributed by atoms with E-state index in [0.717, 1.165) is 62.6 Å². The van der Waals surface area contributed by atoms with Crippen LogP contribution in [0.1, 0.15) is 127 Å². The standard InChI is InChI=1S/C67H59F6NO4/c1-5-6-7-8-41-9-11-42(12-10-41)43-13-15-44(16-14-43)45-17-19-47(20-18-45)63(75)74-52-29-21-46(22-30-52)48-23-36-59-58(39-48)60-55-35-28-51(66(68,69)70)40-57(55)62-56(61(60)64(59,2)3)37-38-65(78-62,49-24-31-53(76-4)32-25-49)50-26-33-54(34-27-50)77-67(71,72)73/h13-42H,5-12H2,1-4H3,(H,74,75)/t41-,42-,65?. The summed E-state index contributed by atoms with van der Waals surface area (Å²) in [6, 6.07) is 46.2. The molecule has 0 radical (unpaired) electrons. The zero-order chi connectivity index (χ0) is 54.6. The van der Waals surface area contributed by atoms with Crippen LogP contribution in [0.3, 0.4) is 0 Å². The van der Waals surface area contributed by atoms with Gasteiger partial charge in [0.1, 0.15) is 17.2 Å². The van der Waals surface area contributed by atoms with Crippen LogP contribution in [0.25, 0.3) is 50.2 Å². The Morgan fingerprint density at radius 1 is 0.667 bits per heavy atom. The maximum Gasteiger partial charge on any atom is 0.573 e. The Morgan fingerprint density at radius 2 is 1.27 bits per heavy atom. The van der Waals surface area contributed by atoms with E-state index in [-0.39, 0.29) is 17.0 Å². The third-order valence-electron chi connectivity index (χ3n) is 16.4. The van der Waals surface area contributed by atoms with Crippen molar-refractivity contribution in [2.75, 3.05) is 12.4 Å². The van der Waals surface area contributed by atoms with Gasteiger partial charge in [0.05, 0.1) is 12.7 Å². The van der Waals surface area contributed by atoms with Gasteiger partial charge < -0.3 is 19.5 Å². The number of unbranched alkanes of at least 4 members (excludes halogenated alkanes) is 2. The molecule has 1 atom stereocenters. The Hall–Kier alpha value is -7.79. The first-order chi connectivity index (χ1) is 37.4. The number of hydrogen-bond donors (Lipinski definition) is 1. The molecule has 5 nitrogen and oxygen atoms in total. The minimum atomic E-state index is -4.92. The van der Waals surface area contributed by atoms with E-state index in [9.17, 15) is 31.1 Å². The molecule has 78 heavy (non-hydrogen) atoms. The van der Waals surface area contributed by atoms with Gasteiger partial charge in [-0.2, -0.15) is 13.2 Å². The molecule has 0 aromatic heterocycles. The largest absolute Gasteiger partial charge is 0.573 e. The average Bonchev–Trinajstić information content (AvgIpc) is 3.38. The second-order valence-electron chi connectivity index (χ2n) is 21.6. The molecule has 1 heterocycles. The first-order valence-electron chi connectivity index (χ1n) is 26.8. The third kappa shape index (κ3) is 10.0. The lowest BCUT2D eigenvalue weighted by atomic mass is 9.76. The normalized spacial score (nSPS) is 18.4. The van der Waals surface area contributed by atoms with Crippen LogP contribution in [0.15, 0.2) is 164 Å². The number of amides is 1. The molecule has 0 bridgehead atoms. The molecule has 1 saturated carbocycles. The Labute approximate surface area is 450 Å². The number of fused-ring (bicyclic) bond motifs is 8. The molecule has 11 rings (SSSR count). The van der Waals surface area contributed by atoms with Crippen LogP contribution in [-0.4, -0.2) is 19.4 Å². The second-order valence-corrected chi connectivity index (χ2v) is 21.6. The van der Waals surface area contributed by atoms with E-state index in [1.54, 1.807) is 30.3 Å². The molecule has 3 aliphatic rings. The number of hydrogen-bond acceptors (Lipinski definition) is 4. The predicted molar refractivity (Wildman–Crippen MR) is 297 cm³/mol. The molecule has 8 aromatic carbocycles. The number of carbonyl (C=O) groups excluding carboxylic acids is 1. The summed E-state index contributed by atoms with van der Waals surface area (Å²) in [5, 5.41) is 3.80. The van der Waals surface area contributed by atoms with Gasteiger partial charge in [-0.15, -0.1) is 13.2 Å². The predicted octanol–water partition coefficient (Wildman–Crippen LogP) is 18.9. The summed E-state index contributed by atoms with van der Waals surface area (Å²) in [5.74, 6) is 1.56. The summed E-state index contributed by atoms with van der Waals surface area (Å²) in [5.41, 5.74) is 8.42. The first kappa shape index (κ1) is 52.3. The minimum absolute atomic E-state index is 0.198. The van der Waals surface area contributed by atoms with Crippen molar-refractivity contribution in [3.63, 3.8) is 0 Å². The van der Waals surface area contributed by atoms with Gasteiger partial charge in [-0.25, -0.2) is 0 Å². The number of halogens is 6. The van der Waals surface area contributed by atoms with Crippen LogP contribution in [0.4, 0.5) is 32.0 Å². The number of nitrogens with one attached hydrogen (secondary N) is 1. The maximum absolute atomic E-state index is 14.7. The molecule has 1 aliphatic heterocycles. The summed E-state index contributed by atoms with van der Waals surface area (Å²) in [4.78, 5) is 13.6. The molecule has 0 spiro atoms. The highest BCUT2D eigenvalue weighted by molar-refractivity contribution is 6.09. The first-order valence-corrected chi connectivity index (χ1v) is 26.8. The second kappa shape index (κ2) is 20.5. The van der Waals surface area contributed by atoms with Crippen molar-refractivity contribution in [1.82, 2.24) is 0 Å². The molecular formula is C67H59F6NO4. The van der Waals surface area contributed by atoms with Crippen molar-refractivity contribution in [1.29, 1.82) is 0 Å². The van der Waals surface area contributed by atoms with Crippen molar-refractivity contribution < 1.29 is 45.3 Å². The molecule has 1 N–H and O–H groups in total. The van der Waals surface area contributed by atoms with E-state index in [4.69, 9.17) is 9.47 Å². The summed E-state index contributed by atoms with van der Waals surface area (Å²) in [7, 11) is 1.52. The van der Waals surface area contributed by atoms with Gasteiger partial charge >= 0.3 is 12.5 Å². The molecule has 1 amide bonds. The molecule has 1 fully saturated rings. The molecule has 8 aromatic rings. The highest BCUT2D eigenvalue weighted by atomic mass is 19.4. The molecule has 1 unspecified atom stereocenters. The van der Waals surface area contributed by atoms with Crippen LogP contribution in [0.2, 0.25) is 0 Å². The van der Waals surface area contributed by atoms with Crippen molar-refractivity contribution >= 4 is 28.4 Å². The number of alkyl halides is 6. The minimum Gasteiger partial charge on any atom is -0.497 e. The van der Waals surface area contributed by atoms with Gasteiger partial charge in [0, 0.05) is 38.7 Å². The highest BCUT2D eigenvalue weighted by Crippen LogP contribution is 2.59. The number of ether oxygens (including phenoxy) is 3. The quantitative estimate of drug-likeness (QED) is 0.0923. The SMILES string of the molecule is CCCCC[C@H]1CC[C@H](c2ccc(-c3ccc(C(=O)Nc4ccc(-c5ccc6c(c5)-c5c(c7c(c8cc(C(F)(F)F)ccc58)OC(c5ccc(OC)cc5)(c5ccc(OC(F)(F)F)cc5)C=C7)C6(C)C)cc4)cc3)cc2)CC1. The monoisotopic (exact) mass is 1060 g/mol. The van der Waals surface area contributed by atoms with Crippen molar-refractivity contribution in [2.24, 2.45) is 5.92 Å². The average molecular weight is 1060 g/mol. The van der Waals surface area contributed by atoms with Gasteiger partial charge in [-0.1, -0.05) is 144 Å². The Balaban J connectivity index is 0.869. The Morgan fingerprint density at radius 3 is 1.88 bits per heavy atom. The lowest BCUT2D eigenvalue weighted by Gasteiger charge is -2.38. The topological polar surface area (TPSA) is 56.8 Å². The fourth-order valence-electron chi connectivity index (χ4n) is 12.3. The molecular weight excluding hydrogens is 997 g/mol.